The van der Waals surface area contributed by atoms with Gasteiger partial charge in [-0.05, 0) is 42.2 Å². The highest BCUT2D eigenvalue weighted by Crippen LogP contribution is 2.48. The summed E-state index contributed by atoms with van der Waals surface area (Å²) < 4.78 is 26.5. The molecule has 2 unspecified atom stereocenters. The number of pyridine rings is 1. The minimum atomic E-state index is -0.867. The number of anilines is 1. The Morgan fingerprint density at radius 2 is 1.89 bits per heavy atom. The lowest BCUT2D eigenvalue weighted by Crippen LogP contribution is -2.49. The predicted octanol–water partition coefficient (Wildman–Crippen LogP) is 2.68. The van der Waals surface area contributed by atoms with Gasteiger partial charge in [0.2, 0.25) is 5.91 Å². The van der Waals surface area contributed by atoms with Gasteiger partial charge in [0.1, 0.15) is 11.9 Å². The summed E-state index contributed by atoms with van der Waals surface area (Å²) in [6.45, 7) is 2.55. The zero-order valence-corrected chi connectivity index (χ0v) is 14.6. The first-order chi connectivity index (χ1) is 13.1. The summed E-state index contributed by atoms with van der Waals surface area (Å²) in [6.07, 6.45) is 2.23. The fourth-order valence-electron chi connectivity index (χ4n) is 3.61. The second-order valence-electron chi connectivity index (χ2n) is 6.95. The first-order valence-electron chi connectivity index (χ1n) is 8.91. The molecule has 2 atom stereocenters. The van der Waals surface area contributed by atoms with E-state index in [9.17, 15) is 13.6 Å². The first kappa shape index (κ1) is 17.4. The van der Waals surface area contributed by atoms with Crippen LogP contribution in [0.4, 0.5) is 14.6 Å². The van der Waals surface area contributed by atoms with Crippen LogP contribution in [0.15, 0.2) is 36.5 Å². The minimum absolute atomic E-state index is 0.0224. The monoisotopic (exact) mass is 368 g/mol. The summed E-state index contributed by atoms with van der Waals surface area (Å²) in [7, 11) is 0. The highest BCUT2D eigenvalue weighted by Gasteiger charge is 2.46. The Hall–Kier alpha value is -3.01. The van der Waals surface area contributed by atoms with Crippen LogP contribution in [0.25, 0.3) is 0 Å². The van der Waals surface area contributed by atoms with Crippen LogP contribution in [0.1, 0.15) is 23.5 Å². The number of piperazine rings is 1. The molecule has 2 aromatic rings. The van der Waals surface area contributed by atoms with Crippen LogP contribution < -0.4 is 4.90 Å². The zero-order chi connectivity index (χ0) is 19.0. The van der Waals surface area contributed by atoms with E-state index in [0.717, 1.165) is 11.9 Å². The van der Waals surface area contributed by atoms with Gasteiger partial charge in [-0.3, -0.25) is 4.79 Å². The number of nitriles is 1. The van der Waals surface area contributed by atoms with Crippen LogP contribution in [-0.4, -0.2) is 42.0 Å². The van der Waals surface area contributed by atoms with Crippen LogP contribution >= 0.6 is 0 Å². The molecule has 1 aromatic heterocycles. The maximum atomic E-state index is 13.4. The van der Waals surface area contributed by atoms with Crippen LogP contribution in [0.3, 0.4) is 0 Å². The van der Waals surface area contributed by atoms with Crippen molar-refractivity contribution in [3.05, 3.63) is 59.3 Å². The van der Waals surface area contributed by atoms with Gasteiger partial charge < -0.3 is 9.80 Å². The topological polar surface area (TPSA) is 60.2 Å². The molecule has 1 aromatic carbocycles. The molecule has 2 fully saturated rings. The van der Waals surface area contributed by atoms with Gasteiger partial charge in [-0.15, -0.1) is 0 Å². The Morgan fingerprint density at radius 3 is 2.52 bits per heavy atom. The highest BCUT2D eigenvalue weighted by atomic mass is 19.2. The Kier molecular flexibility index (Phi) is 4.48. The van der Waals surface area contributed by atoms with Crippen molar-refractivity contribution < 1.29 is 13.6 Å². The molecule has 7 heteroatoms. The van der Waals surface area contributed by atoms with Crippen LogP contribution in [-0.2, 0) is 4.79 Å². The molecule has 0 bridgehead atoms. The maximum absolute atomic E-state index is 13.4. The summed E-state index contributed by atoms with van der Waals surface area (Å²) in [6, 6.07) is 9.47. The van der Waals surface area contributed by atoms with Crippen LogP contribution in [0.5, 0.6) is 0 Å². The zero-order valence-electron chi connectivity index (χ0n) is 14.6. The van der Waals surface area contributed by atoms with Gasteiger partial charge in [-0.1, -0.05) is 6.07 Å². The van der Waals surface area contributed by atoms with Gasteiger partial charge in [0, 0.05) is 38.3 Å². The largest absolute Gasteiger partial charge is 0.353 e. The van der Waals surface area contributed by atoms with E-state index < -0.39 is 11.6 Å². The molecule has 0 N–H and O–H groups in total. The third-order valence-electron chi connectivity index (χ3n) is 5.27. The minimum Gasteiger partial charge on any atom is -0.353 e. The van der Waals surface area contributed by atoms with Gasteiger partial charge >= 0.3 is 0 Å². The Morgan fingerprint density at radius 1 is 1.11 bits per heavy atom. The number of hydrogen-bond donors (Lipinski definition) is 0. The van der Waals surface area contributed by atoms with Crippen molar-refractivity contribution in [2.24, 2.45) is 5.92 Å². The average molecular weight is 368 g/mol. The van der Waals surface area contributed by atoms with E-state index in [4.69, 9.17) is 5.26 Å². The van der Waals surface area contributed by atoms with Crippen LogP contribution in [0.2, 0.25) is 0 Å². The molecule has 2 aliphatic rings. The molecule has 2 heterocycles. The number of nitrogens with zero attached hydrogens (tertiary/aromatic N) is 4. The summed E-state index contributed by atoms with van der Waals surface area (Å²) in [4.78, 5) is 20.9. The van der Waals surface area contributed by atoms with E-state index in [0.29, 0.717) is 43.7 Å². The quantitative estimate of drug-likeness (QED) is 0.836. The average Bonchev–Trinajstić information content (AvgIpc) is 3.50. The molecule has 0 spiro atoms. The van der Waals surface area contributed by atoms with Gasteiger partial charge in [-0.25, -0.2) is 13.8 Å². The fraction of sp³-hybridized carbons (Fsp3) is 0.350. The van der Waals surface area contributed by atoms with Gasteiger partial charge in [0.25, 0.3) is 0 Å². The summed E-state index contributed by atoms with van der Waals surface area (Å²) in [5, 5.41) is 8.84. The van der Waals surface area contributed by atoms with Crippen molar-refractivity contribution in [2.75, 3.05) is 31.1 Å². The molecule has 1 saturated carbocycles. The van der Waals surface area contributed by atoms with Crippen molar-refractivity contribution >= 4 is 11.7 Å². The number of amides is 1. The normalized spacial score (nSPS) is 21.7. The van der Waals surface area contributed by atoms with Crippen LogP contribution in [0, 0.1) is 28.9 Å². The third-order valence-corrected chi connectivity index (χ3v) is 5.27. The Balaban J connectivity index is 1.34. The molecule has 1 aliphatic carbocycles. The smallest absolute Gasteiger partial charge is 0.226 e. The van der Waals surface area contributed by atoms with E-state index >= 15 is 0 Å². The van der Waals surface area contributed by atoms with E-state index in [-0.39, 0.29) is 17.7 Å². The summed E-state index contributed by atoms with van der Waals surface area (Å²) in [5.74, 6) is -1.02. The molecule has 27 heavy (non-hydrogen) atoms. The molecular weight excluding hydrogens is 350 g/mol. The van der Waals surface area contributed by atoms with E-state index in [1.165, 1.54) is 6.07 Å². The number of aromatic nitrogens is 1. The number of carbonyl (C=O) groups is 1. The predicted molar refractivity (Wildman–Crippen MR) is 95.0 cm³/mol. The lowest BCUT2D eigenvalue weighted by Gasteiger charge is -2.35. The summed E-state index contributed by atoms with van der Waals surface area (Å²) >= 11 is 0. The molecule has 5 nitrogen and oxygen atoms in total. The van der Waals surface area contributed by atoms with Crippen molar-refractivity contribution in [1.82, 2.24) is 9.88 Å². The molecule has 4 rings (SSSR count). The van der Waals surface area contributed by atoms with Crippen molar-refractivity contribution in [3.63, 3.8) is 0 Å². The first-order valence-corrected chi connectivity index (χ1v) is 8.91. The number of halogens is 2. The second-order valence-corrected chi connectivity index (χ2v) is 6.95. The molecule has 1 aliphatic heterocycles. The van der Waals surface area contributed by atoms with Gasteiger partial charge in [0.05, 0.1) is 5.56 Å². The number of rotatable bonds is 3. The number of hydrogen-bond acceptors (Lipinski definition) is 4. The molecule has 1 amide bonds. The molecule has 138 valence electrons. The third kappa shape index (κ3) is 3.47. The molecule has 0 radical (unpaired) electrons. The number of benzene rings is 1. The number of carbonyl (C=O) groups excluding carboxylic acids is 1. The van der Waals surface area contributed by atoms with Crippen molar-refractivity contribution in [1.29, 1.82) is 5.26 Å². The van der Waals surface area contributed by atoms with Gasteiger partial charge in [-0.2, -0.15) is 5.26 Å². The van der Waals surface area contributed by atoms with Crippen molar-refractivity contribution in [2.45, 2.75) is 12.3 Å². The van der Waals surface area contributed by atoms with E-state index in [2.05, 4.69) is 9.88 Å². The second kappa shape index (κ2) is 6.95. The van der Waals surface area contributed by atoms with E-state index in [1.807, 2.05) is 17.0 Å². The molecular formula is C20H18F2N4O. The van der Waals surface area contributed by atoms with E-state index in [1.54, 1.807) is 18.3 Å². The Bertz CT molecular complexity index is 901. The van der Waals surface area contributed by atoms with Gasteiger partial charge in [0.15, 0.2) is 11.6 Å². The standard InChI is InChI=1S/C20H18F2N4O/c21-17-3-2-14(9-18(17)22)15-10-16(15)20(27)26-7-5-25(6-8-26)19-4-1-13(11-23)12-24-19/h1-4,9,12,15-16H,5-8,10H2. The Labute approximate surface area is 155 Å². The lowest BCUT2D eigenvalue weighted by molar-refractivity contribution is -0.133. The summed E-state index contributed by atoms with van der Waals surface area (Å²) in [5.41, 5.74) is 1.21. The fourth-order valence-corrected chi connectivity index (χ4v) is 3.61. The molecule has 1 saturated heterocycles. The SMILES string of the molecule is N#Cc1ccc(N2CCN(C(=O)C3CC3c3ccc(F)c(F)c3)CC2)nc1. The maximum Gasteiger partial charge on any atom is 0.226 e. The lowest BCUT2D eigenvalue weighted by atomic mass is 10.1. The van der Waals surface area contributed by atoms with Crippen molar-refractivity contribution in [3.8, 4) is 6.07 Å². The highest BCUT2D eigenvalue weighted by molar-refractivity contribution is 5.83.